The fraction of sp³-hybridized carbons (Fsp3) is 0.111. The highest BCUT2D eigenvalue weighted by molar-refractivity contribution is 5.98. The summed E-state index contributed by atoms with van der Waals surface area (Å²) in [5.74, 6) is 1.27. The van der Waals surface area contributed by atoms with Gasteiger partial charge in [0.05, 0.1) is 6.20 Å². The van der Waals surface area contributed by atoms with Crippen molar-refractivity contribution in [2.24, 2.45) is 5.73 Å². The Hall–Kier alpha value is -4.28. The summed E-state index contributed by atoms with van der Waals surface area (Å²) >= 11 is 0. The average molecular weight is 391 g/mol. The van der Waals surface area contributed by atoms with Gasteiger partial charge < -0.3 is 16.4 Å². The van der Waals surface area contributed by atoms with Crippen molar-refractivity contribution >= 4 is 28.9 Å². The van der Waals surface area contributed by atoms with Gasteiger partial charge in [-0.15, -0.1) is 0 Å². The Morgan fingerprint density at radius 2 is 2.07 bits per heavy atom. The number of fused-ring (bicyclic) bond motifs is 1. The number of carbonyl (C=O) groups is 1. The Bertz CT molecular complexity index is 1290. The van der Waals surface area contributed by atoms with E-state index in [0.29, 0.717) is 23.3 Å². The van der Waals surface area contributed by atoms with Crippen LogP contribution in [0.3, 0.4) is 0 Å². The first-order valence-corrected chi connectivity index (χ1v) is 8.63. The lowest BCUT2D eigenvalue weighted by molar-refractivity contribution is 0.100. The van der Waals surface area contributed by atoms with Gasteiger partial charge in [-0.25, -0.2) is 15.0 Å². The normalized spacial score (nSPS) is 10.8. The lowest BCUT2D eigenvalue weighted by Crippen LogP contribution is -2.21. The summed E-state index contributed by atoms with van der Waals surface area (Å²) in [5.41, 5.74) is 5.81. The molecule has 146 valence electrons. The highest BCUT2D eigenvalue weighted by Gasteiger charge is 2.15. The Kier molecular flexibility index (Phi) is 4.39. The third-order valence-corrected chi connectivity index (χ3v) is 4.21. The summed E-state index contributed by atoms with van der Waals surface area (Å²) in [6, 6.07) is 6.65. The zero-order valence-electron chi connectivity index (χ0n) is 15.6. The molecule has 4 aromatic heterocycles. The van der Waals surface area contributed by atoms with Crippen molar-refractivity contribution in [2.75, 3.05) is 17.7 Å². The molecular weight excluding hydrogens is 374 g/mol. The van der Waals surface area contributed by atoms with E-state index < -0.39 is 5.91 Å². The quantitative estimate of drug-likeness (QED) is 0.454. The van der Waals surface area contributed by atoms with Crippen LogP contribution in [-0.4, -0.2) is 42.1 Å². The van der Waals surface area contributed by atoms with E-state index in [1.54, 1.807) is 50.6 Å². The summed E-state index contributed by atoms with van der Waals surface area (Å²) in [7, 11) is 1.71. The molecule has 0 radical (unpaired) electrons. The number of rotatable bonds is 5. The van der Waals surface area contributed by atoms with Crippen molar-refractivity contribution in [3.63, 3.8) is 0 Å². The molecule has 11 heteroatoms. The smallest absolute Gasteiger partial charge is 0.279 e. The van der Waals surface area contributed by atoms with Crippen LogP contribution in [0.25, 0.3) is 11.5 Å². The van der Waals surface area contributed by atoms with Gasteiger partial charge in [-0.05, 0) is 25.1 Å². The van der Waals surface area contributed by atoms with Crippen LogP contribution in [0.15, 0.2) is 47.7 Å². The van der Waals surface area contributed by atoms with Crippen LogP contribution in [-0.2, 0) is 0 Å². The maximum Gasteiger partial charge on any atom is 0.279 e. The van der Waals surface area contributed by atoms with Crippen molar-refractivity contribution in [1.82, 2.24) is 29.1 Å². The molecule has 0 unspecified atom stereocenters. The first-order valence-electron chi connectivity index (χ1n) is 8.63. The third kappa shape index (κ3) is 3.25. The van der Waals surface area contributed by atoms with Crippen LogP contribution in [0.4, 0.5) is 17.3 Å². The average Bonchev–Trinajstić information content (AvgIpc) is 3.13. The number of nitrogens with zero attached hydrogens (tertiary/aromatic N) is 6. The molecule has 29 heavy (non-hydrogen) atoms. The van der Waals surface area contributed by atoms with E-state index in [-0.39, 0.29) is 22.5 Å². The number of carbonyl (C=O) groups excluding carboxylic acids is 1. The van der Waals surface area contributed by atoms with E-state index in [0.717, 1.165) is 0 Å². The lowest BCUT2D eigenvalue weighted by Gasteiger charge is -2.11. The zero-order valence-corrected chi connectivity index (χ0v) is 15.6. The largest absolute Gasteiger partial charge is 0.373 e. The summed E-state index contributed by atoms with van der Waals surface area (Å²) < 4.78 is 2.86. The predicted molar refractivity (Wildman–Crippen MR) is 107 cm³/mol. The number of aromatic nitrogens is 6. The molecule has 0 aliphatic carbocycles. The molecule has 0 aliphatic rings. The molecule has 1 amide bonds. The highest BCUT2D eigenvalue weighted by Crippen LogP contribution is 2.20. The Morgan fingerprint density at radius 1 is 1.24 bits per heavy atom. The molecule has 0 atom stereocenters. The Morgan fingerprint density at radius 3 is 2.79 bits per heavy atom. The maximum absolute atomic E-state index is 12.9. The van der Waals surface area contributed by atoms with Gasteiger partial charge in [0, 0.05) is 25.5 Å². The summed E-state index contributed by atoms with van der Waals surface area (Å²) in [6.07, 6.45) is 4.55. The minimum absolute atomic E-state index is 0.173. The summed E-state index contributed by atoms with van der Waals surface area (Å²) in [5, 5.41) is 10.1. The predicted octanol–water partition coefficient (Wildman–Crippen LogP) is 0.863. The van der Waals surface area contributed by atoms with E-state index >= 15 is 0 Å². The van der Waals surface area contributed by atoms with E-state index in [1.807, 2.05) is 0 Å². The van der Waals surface area contributed by atoms with Gasteiger partial charge in [0.25, 0.3) is 11.5 Å². The second kappa shape index (κ2) is 7.03. The lowest BCUT2D eigenvalue weighted by atomic mass is 10.3. The van der Waals surface area contributed by atoms with E-state index in [2.05, 4.69) is 30.7 Å². The molecule has 0 aromatic carbocycles. The first kappa shape index (κ1) is 18.1. The third-order valence-electron chi connectivity index (χ3n) is 4.21. The second-order valence-electron chi connectivity index (χ2n) is 6.12. The van der Waals surface area contributed by atoms with Gasteiger partial charge in [0.1, 0.15) is 34.5 Å². The number of nitrogens with two attached hydrogens (primary N) is 1. The number of pyridine rings is 1. The molecule has 0 saturated heterocycles. The molecule has 4 heterocycles. The SMILES string of the molecule is CNc1cc(Nc2cccn(-c3ccnc(C)n3)c2=O)nc2c(C(N)=O)cnn12. The number of amides is 1. The Labute approximate surface area is 164 Å². The fourth-order valence-electron chi connectivity index (χ4n) is 2.86. The molecule has 0 bridgehead atoms. The monoisotopic (exact) mass is 391 g/mol. The van der Waals surface area contributed by atoms with Crippen LogP contribution in [0.1, 0.15) is 16.2 Å². The molecule has 0 spiro atoms. The molecule has 4 N–H and O–H groups in total. The van der Waals surface area contributed by atoms with Crippen molar-refractivity contribution in [1.29, 1.82) is 0 Å². The number of primary amides is 1. The van der Waals surface area contributed by atoms with Gasteiger partial charge in [-0.3, -0.25) is 14.2 Å². The van der Waals surface area contributed by atoms with Crippen LogP contribution in [0.5, 0.6) is 0 Å². The van der Waals surface area contributed by atoms with Crippen LogP contribution in [0.2, 0.25) is 0 Å². The van der Waals surface area contributed by atoms with Gasteiger partial charge in [0.15, 0.2) is 5.65 Å². The maximum atomic E-state index is 12.9. The molecular formula is C18H17N9O2. The second-order valence-corrected chi connectivity index (χ2v) is 6.12. The van der Waals surface area contributed by atoms with Crippen LogP contribution < -0.4 is 21.9 Å². The molecule has 4 rings (SSSR count). The topological polar surface area (TPSA) is 145 Å². The van der Waals surface area contributed by atoms with Gasteiger partial charge in [0.2, 0.25) is 0 Å². The van der Waals surface area contributed by atoms with Crippen molar-refractivity contribution < 1.29 is 4.79 Å². The van der Waals surface area contributed by atoms with E-state index in [4.69, 9.17) is 5.73 Å². The van der Waals surface area contributed by atoms with Crippen molar-refractivity contribution in [3.05, 3.63) is 64.6 Å². The number of anilines is 3. The standard InChI is InChI=1S/C18H17N9O2/c1-10-21-6-5-14(23-10)26-7-3-4-12(18(26)29)24-13-8-15(20-2)27-17(25-13)11(9-22-27)16(19)28/h3-9,20H,1-2H3,(H2,19,28)(H,24,25). The van der Waals surface area contributed by atoms with Gasteiger partial charge in [-0.1, -0.05) is 0 Å². The van der Waals surface area contributed by atoms with Crippen molar-refractivity contribution in [3.8, 4) is 5.82 Å². The fourth-order valence-corrected chi connectivity index (χ4v) is 2.86. The molecule has 0 aliphatic heterocycles. The summed E-state index contributed by atoms with van der Waals surface area (Å²) in [4.78, 5) is 37.3. The number of aryl methyl sites for hydroxylation is 1. The Balaban J connectivity index is 1.79. The first-order chi connectivity index (χ1) is 14.0. The minimum Gasteiger partial charge on any atom is -0.373 e. The van der Waals surface area contributed by atoms with Crippen LogP contribution >= 0.6 is 0 Å². The molecule has 0 saturated carbocycles. The molecule has 4 aromatic rings. The highest BCUT2D eigenvalue weighted by atomic mass is 16.1. The van der Waals surface area contributed by atoms with E-state index in [1.165, 1.54) is 15.3 Å². The van der Waals surface area contributed by atoms with Gasteiger partial charge in [-0.2, -0.15) is 9.61 Å². The van der Waals surface area contributed by atoms with Crippen molar-refractivity contribution in [2.45, 2.75) is 6.92 Å². The molecule has 0 fully saturated rings. The van der Waals surface area contributed by atoms with E-state index in [9.17, 15) is 9.59 Å². The molecule has 11 nitrogen and oxygen atoms in total. The number of nitrogens with one attached hydrogen (secondary N) is 2. The summed E-state index contributed by atoms with van der Waals surface area (Å²) in [6.45, 7) is 1.75. The number of hydrogen-bond acceptors (Lipinski definition) is 8. The zero-order chi connectivity index (χ0) is 20.5. The minimum atomic E-state index is -0.645. The van der Waals surface area contributed by atoms with Gasteiger partial charge >= 0.3 is 0 Å². The van der Waals surface area contributed by atoms with Crippen LogP contribution in [0, 0.1) is 6.92 Å². The number of hydrogen-bond donors (Lipinski definition) is 3.